The molecule has 0 fully saturated rings. The molecule has 0 aliphatic carbocycles. The quantitative estimate of drug-likeness (QED) is 0.0398. The number of carbonyl (C=O) groups is 2. The van der Waals surface area contributed by atoms with Gasteiger partial charge in [0.1, 0.15) is 0 Å². The number of carboxylic acids is 2. The highest BCUT2D eigenvalue weighted by Crippen LogP contribution is 2.30. The van der Waals surface area contributed by atoms with Crippen molar-refractivity contribution in [2.24, 2.45) is 11.8 Å². The van der Waals surface area contributed by atoms with Crippen molar-refractivity contribution in [2.75, 3.05) is 0 Å². The van der Waals surface area contributed by atoms with Crippen LogP contribution in [0, 0.1) is 11.8 Å². The molecule has 8 nitrogen and oxygen atoms in total. The summed E-state index contributed by atoms with van der Waals surface area (Å²) in [6, 6.07) is 0. The number of aliphatic hydroxyl groups is 4. The van der Waals surface area contributed by atoms with Crippen LogP contribution in [-0.2, 0) is 9.59 Å². The van der Waals surface area contributed by atoms with Crippen LogP contribution in [0.15, 0.2) is 0 Å². The topological polar surface area (TPSA) is 156 Å². The van der Waals surface area contributed by atoms with Crippen molar-refractivity contribution < 1.29 is 40.2 Å². The lowest BCUT2D eigenvalue weighted by Gasteiger charge is -2.26. The summed E-state index contributed by atoms with van der Waals surface area (Å²) >= 11 is 0. The minimum atomic E-state index is -0.848. The number of aliphatic carboxylic acids is 2. The molecule has 6 atom stereocenters. The van der Waals surface area contributed by atoms with Crippen LogP contribution in [0.3, 0.4) is 0 Å². The number of rotatable bonds is 33. The van der Waals surface area contributed by atoms with E-state index in [-0.39, 0.29) is 12.3 Å². The zero-order valence-corrected chi connectivity index (χ0v) is 28.3. The zero-order chi connectivity index (χ0) is 33.0. The molecule has 44 heavy (non-hydrogen) atoms. The van der Waals surface area contributed by atoms with Crippen molar-refractivity contribution in [1.82, 2.24) is 0 Å². The Bertz CT molecular complexity index is 673. The van der Waals surface area contributed by atoms with Crippen molar-refractivity contribution in [1.29, 1.82) is 0 Å². The molecule has 6 N–H and O–H groups in total. The molecule has 0 rings (SSSR count). The Kier molecular flexibility index (Phi) is 28.4. The predicted molar refractivity (Wildman–Crippen MR) is 178 cm³/mol. The summed E-state index contributed by atoms with van der Waals surface area (Å²) in [5.41, 5.74) is 0. The van der Waals surface area contributed by atoms with Gasteiger partial charge in [0, 0.05) is 6.42 Å². The summed E-state index contributed by atoms with van der Waals surface area (Å²) in [6.07, 6.45) is 19.3. The van der Waals surface area contributed by atoms with E-state index in [1.165, 1.54) is 0 Å². The fourth-order valence-corrected chi connectivity index (χ4v) is 6.27. The molecular formula is C36H70O8. The monoisotopic (exact) mass is 631 g/mol. The molecule has 0 aromatic carbocycles. The Morgan fingerprint density at radius 3 is 1.27 bits per heavy atom. The second kappa shape index (κ2) is 29.2. The molecule has 262 valence electrons. The van der Waals surface area contributed by atoms with Crippen LogP contribution in [0.5, 0.6) is 0 Å². The third-order valence-corrected chi connectivity index (χ3v) is 9.30. The van der Waals surface area contributed by atoms with E-state index in [0.29, 0.717) is 44.9 Å². The Labute approximate surface area is 269 Å². The van der Waals surface area contributed by atoms with E-state index < -0.39 is 42.3 Å². The van der Waals surface area contributed by atoms with Gasteiger partial charge in [0.2, 0.25) is 0 Å². The van der Waals surface area contributed by atoms with E-state index in [0.717, 1.165) is 116 Å². The Balaban J connectivity index is 4.36. The molecule has 0 aromatic heterocycles. The number of unbranched alkanes of at least 4 members (excludes halogenated alkanes) is 14. The van der Waals surface area contributed by atoms with Gasteiger partial charge < -0.3 is 30.6 Å². The SMILES string of the molecule is CCCCCC(CCC(O)C(O)CCCCCCCC(=O)O)C(CCCCCCCCCCC(O)C(O)CCCC)C(=O)O. The van der Waals surface area contributed by atoms with E-state index in [2.05, 4.69) is 13.8 Å². The van der Waals surface area contributed by atoms with E-state index in [1.807, 2.05) is 0 Å². The summed E-state index contributed by atoms with van der Waals surface area (Å²) in [5, 5.41) is 59.9. The molecule has 0 saturated heterocycles. The summed E-state index contributed by atoms with van der Waals surface area (Å²) in [6.45, 7) is 4.22. The van der Waals surface area contributed by atoms with E-state index in [4.69, 9.17) is 5.11 Å². The first-order valence-electron chi connectivity index (χ1n) is 18.3. The second-order valence-corrected chi connectivity index (χ2v) is 13.3. The summed E-state index contributed by atoms with van der Waals surface area (Å²) < 4.78 is 0. The van der Waals surface area contributed by atoms with Crippen LogP contribution in [0.4, 0.5) is 0 Å². The van der Waals surface area contributed by atoms with Crippen LogP contribution in [0.1, 0.15) is 181 Å². The summed E-state index contributed by atoms with van der Waals surface area (Å²) in [5.74, 6) is -1.92. The van der Waals surface area contributed by atoms with Gasteiger partial charge in [-0.15, -0.1) is 0 Å². The van der Waals surface area contributed by atoms with Crippen molar-refractivity contribution in [3.63, 3.8) is 0 Å². The first kappa shape index (κ1) is 42.8. The first-order valence-corrected chi connectivity index (χ1v) is 18.3. The first-order chi connectivity index (χ1) is 21.1. The molecule has 0 saturated carbocycles. The fourth-order valence-electron chi connectivity index (χ4n) is 6.27. The average Bonchev–Trinajstić information content (AvgIpc) is 2.99. The van der Waals surface area contributed by atoms with Crippen LogP contribution in [-0.4, -0.2) is 67.0 Å². The molecule has 0 aliphatic rings. The number of aliphatic hydroxyl groups excluding tert-OH is 4. The zero-order valence-electron chi connectivity index (χ0n) is 28.3. The second-order valence-electron chi connectivity index (χ2n) is 13.3. The van der Waals surface area contributed by atoms with E-state index in [1.54, 1.807) is 0 Å². The number of hydrogen-bond donors (Lipinski definition) is 6. The minimum Gasteiger partial charge on any atom is -0.481 e. The van der Waals surface area contributed by atoms with Crippen molar-refractivity contribution in [3.8, 4) is 0 Å². The van der Waals surface area contributed by atoms with Gasteiger partial charge >= 0.3 is 11.9 Å². The maximum absolute atomic E-state index is 12.3. The minimum absolute atomic E-state index is 0.00553. The van der Waals surface area contributed by atoms with Crippen LogP contribution < -0.4 is 0 Å². The lowest BCUT2D eigenvalue weighted by molar-refractivity contribution is -0.144. The largest absolute Gasteiger partial charge is 0.481 e. The molecule has 0 amide bonds. The van der Waals surface area contributed by atoms with Crippen molar-refractivity contribution >= 4 is 11.9 Å². The number of carboxylic acid groups (broad SMARTS) is 2. The molecule has 0 aromatic rings. The highest BCUT2D eigenvalue weighted by atomic mass is 16.4. The molecule has 0 aliphatic heterocycles. The third-order valence-electron chi connectivity index (χ3n) is 9.30. The maximum atomic E-state index is 12.3. The van der Waals surface area contributed by atoms with E-state index >= 15 is 0 Å². The van der Waals surface area contributed by atoms with Gasteiger partial charge in [0.25, 0.3) is 0 Å². The molecule has 0 spiro atoms. The standard InChI is InChI=1S/C36H70O8/c1-3-5-16-21-29(27-28-34(40)33(39)25-19-14-11-15-20-26-35(41)42)30(36(43)44)22-17-12-9-7-8-10-13-18-24-32(38)31(37)23-6-4-2/h29-34,37-40H,3-28H2,1-2H3,(H,41,42)(H,43,44). The normalized spacial score (nSPS) is 15.9. The molecule has 0 radical (unpaired) electrons. The fraction of sp³-hybridized carbons (Fsp3) is 0.944. The van der Waals surface area contributed by atoms with E-state index in [9.17, 15) is 35.1 Å². The Hall–Kier alpha value is -1.22. The Morgan fingerprint density at radius 2 is 0.818 bits per heavy atom. The van der Waals surface area contributed by atoms with Gasteiger partial charge in [-0.25, -0.2) is 0 Å². The lowest BCUT2D eigenvalue weighted by Crippen LogP contribution is -2.29. The molecule has 0 bridgehead atoms. The van der Waals surface area contributed by atoms with Gasteiger partial charge in [-0.2, -0.15) is 0 Å². The van der Waals surface area contributed by atoms with Crippen LogP contribution >= 0.6 is 0 Å². The Morgan fingerprint density at radius 1 is 0.432 bits per heavy atom. The summed E-state index contributed by atoms with van der Waals surface area (Å²) in [4.78, 5) is 22.9. The van der Waals surface area contributed by atoms with Crippen molar-refractivity contribution in [3.05, 3.63) is 0 Å². The van der Waals surface area contributed by atoms with Crippen molar-refractivity contribution in [2.45, 2.75) is 205 Å². The van der Waals surface area contributed by atoms with Crippen LogP contribution in [0.25, 0.3) is 0 Å². The third kappa shape index (κ3) is 24.1. The smallest absolute Gasteiger partial charge is 0.306 e. The van der Waals surface area contributed by atoms with Crippen LogP contribution in [0.2, 0.25) is 0 Å². The number of hydrogen-bond acceptors (Lipinski definition) is 6. The van der Waals surface area contributed by atoms with Gasteiger partial charge in [-0.3, -0.25) is 9.59 Å². The molecule has 8 heteroatoms. The molecule has 6 unspecified atom stereocenters. The highest BCUT2D eigenvalue weighted by Gasteiger charge is 2.28. The van der Waals surface area contributed by atoms with Gasteiger partial charge in [-0.1, -0.05) is 123 Å². The summed E-state index contributed by atoms with van der Waals surface area (Å²) in [7, 11) is 0. The lowest BCUT2D eigenvalue weighted by atomic mass is 9.80. The molecule has 0 heterocycles. The van der Waals surface area contributed by atoms with Gasteiger partial charge in [0.15, 0.2) is 0 Å². The average molecular weight is 631 g/mol. The van der Waals surface area contributed by atoms with Gasteiger partial charge in [-0.05, 0) is 57.3 Å². The van der Waals surface area contributed by atoms with Gasteiger partial charge in [0.05, 0.1) is 30.3 Å². The predicted octanol–water partition coefficient (Wildman–Crippen LogP) is 8.01. The highest BCUT2D eigenvalue weighted by molar-refractivity contribution is 5.70. The maximum Gasteiger partial charge on any atom is 0.306 e. The molecular weight excluding hydrogens is 560 g/mol.